The number of carbonyl (C=O) groups excluding carboxylic acids is 2. The molecule has 2 fully saturated rings. The lowest BCUT2D eigenvalue weighted by Gasteiger charge is -2.30. The van der Waals surface area contributed by atoms with Crippen molar-refractivity contribution >= 4 is 74.9 Å². The van der Waals surface area contributed by atoms with Gasteiger partial charge in [-0.25, -0.2) is 9.97 Å². The zero-order valence-electron chi connectivity index (χ0n) is 27.4. The molecule has 6 rings (SSSR count). The number of hydrogen-bond acceptors (Lipinski definition) is 10. The first kappa shape index (κ1) is 38.0. The van der Waals surface area contributed by atoms with Crippen LogP contribution >= 0.6 is 34.8 Å². The molecule has 49 heavy (non-hydrogen) atoms. The molecule has 0 saturated carbocycles. The van der Waals surface area contributed by atoms with Gasteiger partial charge >= 0.3 is 0 Å². The number of aliphatic hydroxyl groups excluding tert-OH is 2. The fraction of sp³-hybridized carbons (Fsp3) is 0.333. The molecule has 0 amide bonds. The van der Waals surface area contributed by atoms with Crippen LogP contribution in [-0.2, 0) is 0 Å². The zero-order valence-corrected chi connectivity index (χ0v) is 29.7. The highest BCUT2D eigenvalue weighted by molar-refractivity contribution is 6.32. The number of benzene rings is 2. The van der Waals surface area contributed by atoms with Gasteiger partial charge in [-0.3, -0.25) is 9.59 Å². The first-order chi connectivity index (χ1) is 23.4. The number of halogens is 3. The van der Waals surface area contributed by atoms with Gasteiger partial charge in [-0.15, -0.1) is 0 Å². The van der Waals surface area contributed by atoms with Gasteiger partial charge in [-0.2, -0.15) is 0 Å². The SMILES string of the molecule is CC(=O)c1ccc(Nc2cc(Cl)nc(Cl)c2)cc1.CC(=O)c1ccc(Nc2cc(Cl)nc(N3CCC(O)CC3)c2)cc1.OC1CCNCC1. The zero-order chi connectivity index (χ0) is 35.3. The lowest BCUT2D eigenvalue weighted by atomic mass is 10.1. The van der Waals surface area contributed by atoms with Crippen LogP contribution in [0.4, 0.5) is 28.6 Å². The van der Waals surface area contributed by atoms with Gasteiger partial charge in [0.05, 0.1) is 12.2 Å². The predicted octanol–water partition coefficient (Wildman–Crippen LogP) is 7.71. The summed E-state index contributed by atoms with van der Waals surface area (Å²) in [7, 11) is 0. The number of aliphatic hydroxyl groups is 2. The second-order valence-corrected chi connectivity index (χ2v) is 12.9. The van der Waals surface area contributed by atoms with Gasteiger partial charge in [-0.05, 0) is 119 Å². The normalized spacial score (nSPS) is 14.9. The molecule has 0 aliphatic carbocycles. The molecule has 0 radical (unpaired) electrons. The van der Waals surface area contributed by atoms with E-state index in [4.69, 9.17) is 39.9 Å². The molecule has 2 aromatic carbocycles. The number of aromatic nitrogens is 2. The van der Waals surface area contributed by atoms with Gasteiger partial charge in [0.1, 0.15) is 21.3 Å². The van der Waals surface area contributed by atoms with Gasteiger partial charge in [0.25, 0.3) is 0 Å². The van der Waals surface area contributed by atoms with Crippen molar-refractivity contribution in [2.75, 3.05) is 41.7 Å². The van der Waals surface area contributed by atoms with Gasteiger partial charge in [-0.1, -0.05) is 34.8 Å². The molecule has 0 atom stereocenters. The Morgan fingerprint density at radius 1 is 0.653 bits per heavy atom. The molecule has 13 heteroatoms. The predicted molar refractivity (Wildman–Crippen MR) is 199 cm³/mol. The molecule has 2 saturated heterocycles. The highest BCUT2D eigenvalue weighted by Gasteiger charge is 2.19. The molecular weight excluding hydrogens is 687 g/mol. The standard InChI is InChI=1S/C18H20ClN3O2.C13H10Cl2N2O.C5H11NO/c1-12(23)13-2-4-14(5-3-13)20-15-10-17(19)21-18(11-15)22-8-6-16(24)7-9-22;1-8(18)9-2-4-10(5-3-9)16-11-6-12(14)17-13(15)7-11;7-5-1-3-6-4-2-5/h2-5,10-11,16,24H,6-9H2,1H3,(H,20,21);2-7H,1H3,(H,16,17);5-7H,1-4H2. The molecule has 0 spiro atoms. The van der Waals surface area contributed by atoms with Crippen molar-refractivity contribution in [1.82, 2.24) is 15.3 Å². The van der Waals surface area contributed by atoms with Crippen LogP contribution in [0.25, 0.3) is 0 Å². The van der Waals surface area contributed by atoms with E-state index in [1.54, 1.807) is 49.4 Å². The van der Waals surface area contributed by atoms with Gasteiger partial charge < -0.3 is 31.1 Å². The lowest BCUT2D eigenvalue weighted by Crippen LogP contribution is -2.36. The molecule has 260 valence electrons. The topological polar surface area (TPSA) is 140 Å². The number of ketones is 2. The van der Waals surface area contributed by atoms with E-state index in [2.05, 4.69) is 30.8 Å². The first-order valence-corrected chi connectivity index (χ1v) is 17.2. The van der Waals surface area contributed by atoms with E-state index >= 15 is 0 Å². The van der Waals surface area contributed by atoms with E-state index in [9.17, 15) is 14.7 Å². The van der Waals surface area contributed by atoms with Crippen molar-refractivity contribution < 1.29 is 19.8 Å². The highest BCUT2D eigenvalue weighted by atomic mass is 35.5. The third kappa shape index (κ3) is 12.9. The number of anilines is 5. The van der Waals surface area contributed by atoms with Gasteiger partial charge in [0, 0.05) is 53.0 Å². The Morgan fingerprint density at radius 3 is 1.47 bits per heavy atom. The summed E-state index contributed by atoms with van der Waals surface area (Å²) in [6, 6.07) is 21.5. The van der Waals surface area contributed by atoms with Crippen molar-refractivity contribution in [3.8, 4) is 0 Å². The minimum absolute atomic E-state index is 0.0266. The van der Waals surface area contributed by atoms with Gasteiger partial charge in [0.15, 0.2) is 11.6 Å². The van der Waals surface area contributed by atoms with Crippen LogP contribution in [0.1, 0.15) is 60.2 Å². The summed E-state index contributed by atoms with van der Waals surface area (Å²) in [6.45, 7) is 6.59. The Morgan fingerprint density at radius 2 is 1.06 bits per heavy atom. The van der Waals surface area contributed by atoms with E-state index in [0.717, 1.165) is 80.4 Å². The Labute approximate surface area is 301 Å². The maximum absolute atomic E-state index is 11.3. The third-order valence-electron chi connectivity index (χ3n) is 7.80. The average molecular weight is 728 g/mol. The summed E-state index contributed by atoms with van der Waals surface area (Å²) < 4.78 is 0. The Hall–Kier alpha value is -3.77. The Kier molecular flexibility index (Phi) is 14.6. The number of piperidine rings is 2. The molecule has 0 unspecified atom stereocenters. The van der Waals surface area contributed by atoms with E-state index in [1.807, 2.05) is 30.3 Å². The van der Waals surface area contributed by atoms with Crippen LogP contribution < -0.4 is 20.9 Å². The number of hydrogen-bond donors (Lipinski definition) is 5. The Bertz CT molecular complexity index is 1660. The second-order valence-electron chi connectivity index (χ2n) is 11.8. The number of pyridine rings is 2. The fourth-order valence-corrected chi connectivity index (χ4v) is 5.73. The van der Waals surface area contributed by atoms with E-state index in [-0.39, 0.29) is 23.8 Å². The maximum Gasteiger partial charge on any atom is 0.159 e. The second kappa shape index (κ2) is 18.8. The number of nitrogens with one attached hydrogen (secondary N) is 3. The average Bonchev–Trinajstić information content (AvgIpc) is 3.06. The van der Waals surface area contributed by atoms with Crippen molar-refractivity contribution in [3.05, 3.63) is 99.4 Å². The largest absolute Gasteiger partial charge is 0.393 e. The van der Waals surface area contributed by atoms with Crippen molar-refractivity contribution in [3.63, 3.8) is 0 Å². The molecule has 4 heterocycles. The Balaban J connectivity index is 0.000000189. The minimum atomic E-state index is -0.224. The van der Waals surface area contributed by atoms with E-state index in [0.29, 0.717) is 26.6 Å². The van der Waals surface area contributed by atoms with Crippen LogP contribution in [0.15, 0.2) is 72.8 Å². The van der Waals surface area contributed by atoms with Gasteiger partial charge in [0.2, 0.25) is 0 Å². The lowest BCUT2D eigenvalue weighted by molar-refractivity contribution is 0.100. The molecule has 5 N–H and O–H groups in total. The summed E-state index contributed by atoms with van der Waals surface area (Å²) >= 11 is 17.8. The number of rotatable bonds is 7. The fourth-order valence-electron chi connectivity index (χ4n) is 5.07. The van der Waals surface area contributed by atoms with Crippen LogP contribution in [0.5, 0.6) is 0 Å². The van der Waals surface area contributed by atoms with E-state index in [1.165, 1.54) is 6.92 Å². The monoisotopic (exact) mass is 726 g/mol. The number of Topliss-reactive ketones (excluding diaryl/α,β-unsaturated/α-hetero) is 2. The molecule has 10 nitrogen and oxygen atoms in total. The molecular formula is C36H41Cl3N6O4. The number of nitrogens with zero attached hydrogens (tertiary/aromatic N) is 3. The summed E-state index contributed by atoms with van der Waals surface area (Å²) in [5, 5.41) is 29.1. The summed E-state index contributed by atoms with van der Waals surface area (Å²) in [4.78, 5) is 32.8. The molecule has 0 bridgehead atoms. The number of carbonyl (C=O) groups is 2. The van der Waals surface area contributed by atoms with Crippen molar-refractivity contribution in [1.29, 1.82) is 0 Å². The van der Waals surface area contributed by atoms with Crippen LogP contribution in [0, 0.1) is 0 Å². The third-order valence-corrected chi connectivity index (χ3v) is 8.38. The molecule has 2 aliphatic rings. The van der Waals surface area contributed by atoms with Crippen molar-refractivity contribution in [2.24, 2.45) is 0 Å². The highest BCUT2D eigenvalue weighted by Crippen LogP contribution is 2.27. The maximum atomic E-state index is 11.3. The van der Waals surface area contributed by atoms with Crippen LogP contribution in [-0.4, -0.2) is 70.1 Å². The summed E-state index contributed by atoms with van der Waals surface area (Å²) in [5.74, 6) is 0.886. The molecule has 2 aliphatic heterocycles. The van der Waals surface area contributed by atoms with Crippen LogP contribution in [0.3, 0.4) is 0 Å². The minimum Gasteiger partial charge on any atom is -0.393 e. The molecule has 2 aromatic heterocycles. The first-order valence-electron chi connectivity index (χ1n) is 16.0. The summed E-state index contributed by atoms with van der Waals surface area (Å²) in [5.41, 5.74) is 4.66. The van der Waals surface area contributed by atoms with Crippen molar-refractivity contribution in [2.45, 2.75) is 51.7 Å². The summed E-state index contributed by atoms with van der Waals surface area (Å²) in [6.07, 6.45) is 3.09. The molecule has 4 aromatic rings. The smallest absolute Gasteiger partial charge is 0.159 e. The van der Waals surface area contributed by atoms with Crippen LogP contribution in [0.2, 0.25) is 15.5 Å². The van der Waals surface area contributed by atoms with E-state index < -0.39 is 0 Å². The quantitative estimate of drug-likeness (QED) is 0.0950.